The minimum atomic E-state index is 0.0878. The molecule has 0 spiro atoms. The van der Waals surface area contributed by atoms with Crippen LogP contribution in [-0.2, 0) is 10.8 Å². The van der Waals surface area contributed by atoms with Gasteiger partial charge in [-0.1, -0.05) is 59.7 Å². The summed E-state index contributed by atoms with van der Waals surface area (Å²) in [6, 6.07) is 6.52. The van der Waals surface area contributed by atoms with Crippen molar-refractivity contribution in [3.63, 3.8) is 0 Å². The molecular formula is C18H31NO. The van der Waals surface area contributed by atoms with Crippen LogP contribution < -0.4 is 10.5 Å². The van der Waals surface area contributed by atoms with E-state index < -0.39 is 0 Å². The molecule has 0 aliphatic carbocycles. The molecule has 2 heteroatoms. The second kappa shape index (κ2) is 6.62. The van der Waals surface area contributed by atoms with E-state index in [1.54, 1.807) is 0 Å². The van der Waals surface area contributed by atoms with Crippen molar-refractivity contribution in [1.82, 2.24) is 0 Å². The van der Waals surface area contributed by atoms with Crippen molar-refractivity contribution in [3.05, 3.63) is 29.3 Å². The van der Waals surface area contributed by atoms with Gasteiger partial charge in [0.1, 0.15) is 5.75 Å². The van der Waals surface area contributed by atoms with Gasteiger partial charge in [0.25, 0.3) is 0 Å². The van der Waals surface area contributed by atoms with E-state index in [-0.39, 0.29) is 10.8 Å². The third-order valence-electron chi connectivity index (χ3n) is 3.48. The van der Waals surface area contributed by atoms with Crippen LogP contribution in [0.15, 0.2) is 18.2 Å². The summed E-state index contributed by atoms with van der Waals surface area (Å²) in [5.74, 6) is 1.07. The first kappa shape index (κ1) is 17.0. The van der Waals surface area contributed by atoms with Crippen LogP contribution in [0.3, 0.4) is 0 Å². The van der Waals surface area contributed by atoms with Gasteiger partial charge < -0.3 is 10.5 Å². The van der Waals surface area contributed by atoms with Gasteiger partial charge in [0, 0.05) is 0 Å². The Kier molecular flexibility index (Phi) is 5.64. The Balaban J connectivity index is 3.13. The van der Waals surface area contributed by atoms with Crippen LogP contribution in [0.4, 0.5) is 0 Å². The average Bonchev–Trinajstić information content (AvgIpc) is 2.32. The van der Waals surface area contributed by atoms with Gasteiger partial charge in [0.15, 0.2) is 0 Å². The standard InChI is InChI=1S/C18H31NO/c1-17(2,3)14-10-9-11-15(18(4,5)6)16(14)20-13-8-7-12-19/h9-11H,7-8,12-13,19H2,1-6H3. The van der Waals surface area contributed by atoms with Gasteiger partial charge in [-0.25, -0.2) is 0 Å². The predicted molar refractivity (Wildman–Crippen MR) is 87.6 cm³/mol. The minimum absolute atomic E-state index is 0.0878. The molecule has 2 nitrogen and oxygen atoms in total. The summed E-state index contributed by atoms with van der Waals surface area (Å²) in [6.45, 7) is 14.9. The SMILES string of the molecule is CC(C)(C)c1cccc(C(C)(C)C)c1OCCCCN. The topological polar surface area (TPSA) is 35.2 Å². The fraction of sp³-hybridized carbons (Fsp3) is 0.667. The van der Waals surface area contributed by atoms with Gasteiger partial charge in [0.05, 0.1) is 6.61 Å². The van der Waals surface area contributed by atoms with Crippen molar-refractivity contribution in [2.75, 3.05) is 13.2 Å². The molecule has 1 rings (SSSR count). The molecule has 0 unspecified atom stereocenters. The molecule has 0 radical (unpaired) electrons. The molecular weight excluding hydrogens is 246 g/mol. The first-order chi connectivity index (χ1) is 9.18. The van der Waals surface area contributed by atoms with Gasteiger partial charge in [-0.3, -0.25) is 0 Å². The Morgan fingerprint density at radius 3 is 1.80 bits per heavy atom. The second-order valence-electron chi connectivity index (χ2n) is 7.53. The quantitative estimate of drug-likeness (QED) is 0.810. The van der Waals surface area contributed by atoms with Gasteiger partial charge in [-0.15, -0.1) is 0 Å². The fourth-order valence-corrected chi connectivity index (χ4v) is 2.29. The zero-order valence-corrected chi connectivity index (χ0v) is 14.0. The summed E-state index contributed by atoms with van der Waals surface area (Å²) >= 11 is 0. The highest BCUT2D eigenvalue weighted by molar-refractivity contribution is 5.48. The second-order valence-corrected chi connectivity index (χ2v) is 7.53. The van der Waals surface area contributed by atoms with E-state index in [0.717, 1.165) is 31.7 Å². The molecule has 0 aliphatic rings. The van der Waals surface area contributed by atoms with Crippen molar-refractivity contribution >= 4 is 0 Å². The largest absolute Gasteiger partial charge is 0.493 e. The van der Waals surface area contributed by atoms with E-state index in [9.17, 15) is 0 Å². The maximum absolute atomic E-state index is 6.17. The summed E-state index contributed by atoms with van der Waals surface area (Å²) in [7, 11) is 0. The summed E-state index contributed by atoms with van der Waals surface area (Å²) < 4.78 is 6.17. The van der Waals surface area contributed by atoms with Crippen LogP contribution in [0.1, 0.15) is 65.5 Å². The summed E-state index contributed by atoms with van der Waals surface area (Å²) in [5, 5.41) is 0. The van der Waals surface area contributed by atoms with Crippen molar-refractivity contribution in [2.24, 2.45) is 5.73 Å². The molecule has 0 bridgehead atoms. The number of nitrogens with two attached hydrogens (primary N) is 1. The van der Waals surface area contributed by atoms with Gasteiger partial charge >= 0.3 is 0 Å². The Hall–Kier alpha value is -1.02. The zero-order chi connectivity index (χ0) is 15.4. The van der Waals surface area contributed by atoms with Gasteiger partial charge in [-0.05, 0) is 41.3 Å². The van der Waals surface area contributed by atoms with E-state index in [1.807, 2.05) is 0 Å². The first-order valence-corrected chi connectivity index (χ1v) is 7.65. The minimum Gasteiger partial charge on any atom is -0.493 e. The lowest BCUT2D eigenvalue weighted by atomic mass is 9.79. The molecule has 2 N–H and O–H groups in total. The molecule has 1 aromatic carbocycles. The maximum Gasteiger partial charge on any atom is 0.126 e. The molecule has 0 atom stereocenters. The summed E-state index contributed by atoms with van der Waals surface area (Å²) in [5.41, 5.74) is 8.31. The van der Waals surface area contributed by atoms with Gasteiger partial charge in [0.2, 0.25) is 0 Å². The molecule has 114 valence electrons. The third kappa shape index (κ3) is 4.52. The highest BCUT2D eigenvalue weighted by Crippen LogP contribution is 2.39. The summed E-state index contributed by atoms with van der Waals surface area (Å²) in [4.78, 5) is 0. The molecule has 0 aromatic heterocycles. The number of rotatable bonds is 5. The van der Waals surface area contributed by atoms with Crippen molar-refractivity contribution < 1.29 is 4.74 Å². The summed E-state index contributed by atoms with van der Waals surface area (Å²) in [6.07, 6.45) is 2.03. The lowest BCUT2D eigenvalue weighted by Crippen LogP contribution is -2.20. The average molecular weight is 277 g/mol. The normalized spacial score (nSPS) is 12.6. The van der Waals surface area contributed by atoms with E-state index in [0.29, 0.717) is 0 Å². The number of hydrogen-bond acceptors (Lipinski definition) is 2. The zero-order valence-electron chi connectivity index (χ0n) is 14.0. The number of hydrogen-bond donors (Lipinski definition) is 1. The molecule has 0 amide bonds. The van der Waals surface area contributed by atoms with E-state index in [4.69, 9.17) is 10.5 Å². The van der Waals surface area contributed by atoms with Crippen LogP contribution in [0, 0.1) is 0 Å². The van der Waals surface area contributed by atoms with Crippen LogP contribution in [0.2, 0.25) is 0 Å². The lowest BCUT2D eigenvalue weighted by molar-refractivity contribution is 0.291. The van der Waals surface area contributed by atoms with Crippen LogP contribution >= 0.6 is 0 Å². The lowest BCUT2D eigenvalue weighted by Gasteiger charge is -2.29. The number of unbranched alkanes of at least 4 members (excludes halogenated alkanes) is 1. The van der Waals surface area contributed by atoms with Crippen molar-refractivity contribution in [3.8, 4) is 5.75 Å². The number of para-hydroxylation sites is 1. The number of ether oxygens (including phenoxy) is 1. The van der Waals surface area contributed by atoms with Crippen LogP contribution in [0.25, 0.3) is 0 Å². The molecule has 0 heterocycles. The third-order valence-corrected chi connectivity index (χ3v) is 3.48. The van der Waals surface area contributed by atoms with E-state index in [1.165, 1.54) is 11.1 Å². The molecule has 0 saturated heterocycles. The van der Waals surface area contributed by atoms with Crippen LogP contribution in [0.5, 0.6) is 5.75 Å². The Morgan fingerprint density at radius 2 is 1.40 bits per heavy atom. The van der Waals surface area contributed by atoms with Gasteiger partial charge in [-0.2, -0.15) is 0 Å². The molecule has 0 aliphatic heterocycles. The first-order valence-electron chi connectivity index (χ1n) is 7.65. The highest BCUT2D eigenvalue weighted by Gasteiger charge is 2.26. The number of benzene rings is 1. The Morgan fingerprint density at radius 1 is 0.900 bits per heavy atom. The van der Waals surface area contributed by atoms with Crippen LogP contribution in [-0.4, -0.2) is 13.2 Å². The highest BCUT2D eigenvalue weighted by atomic mass is 16.5. The Labute approximate surface area is 124 Å². The maximum atomic E-state index is 6.17. The van der Waals surface area contributed by atoms with Crippen molar-refractivity contribution in [2.45, 2.75) is 65.2 Å². The molecule has 0 fully saturated rings. The monoisotopic (exact) mass is 277 g/mol. The predicted octanol–water partition coefficient (Wildman–Crippen LogP) is 4.40. The fourth-order valence-electron chi connectivity index (χ4n) is 2.29. The Bertz CT molecular complexity index is 392. The molecule has 0 saturated carbocycles. The molecule has 1 aromatic rings. The smallest absolute Gasteiger partial charge is 0.126 e. The van der Waals surface area contributed by atoms with E-state index in [2.05, 4.69) is 59.7 Å². The van der Waals surface area contributed by atoms with E-state index >= 15 is 0 Å². The molecule has 20 heavy (non-hydrogen) atoms. The van der Waals surface area contributed by atoms with Crippen molar-refractivity contribution in [1.29, 1.82) is 0 Å².